The highest BCUT2D eigenvalue weighted by Crippen LogP contribution is 2.48. The third-order valence-corrected chi connectivity index (χ3v) is 3.94. The van der Waals surface area contributed by atoms with E-state index in [2.05, 4.69) is 64.3 Å². The number of rotatable bonds is 2. The highest BCUT2D eigenvalue weighted by molar-refractivity contribution is 7.80. The van der Waals surface area contributed by atoms with Crippen molar-refractivity contribution in [3.05, 3.63) is 59.7 Å². The summed E-state index contributed by atoms with van der Waals surface area (Å²) in [4.78, 5) is 1.06. The lowest BCUT2D eigenvalue weighted by Crippen LogP contribution is -2.16. The van der Waals surface area contributed by atoms with Gasteiger partial charge in [-0.3, -0.25) is 0 Å². The van der Waals surface area contributed by atoms with Crippen LogP contribution in [0.2, 0.25) is 0 Å². The minimum absolute atomic E-state index is 0.0532. The highest BCUT2D eigenvalue weighted by Gasteiger charge is 2.35. The van der Waals surface area contributed by atoms with E-state index in [1.165, 1.54) is 22.3 Å². The lowest BCUT2D eigenvalue weighted by Gasteiger charge is -2.23. The fourth-order valence-electron chi connectivity index (χ4n) is 2.70. The Kier molecular flexibility index (Phi) is 3.05. The van der Waals surface area contributed by atoms with Gasteiger partial charge in [0, 0.05) is 10.3 Å². The molecule has 0 aliphatic heterocycles. The molecule has 0 radical (unpaired) electrons. The van der Waals surface area contributed by atoms with Crippen LogP contribution in [0.3, 0.4) is 0 Å². The third kappa shape index (κ3) is 1.79. The zero-order valence-corrected chi connectivity index (χ0v) is 11.5. The third-order valence-electron chi connectivity index (χ3n) is 3.57. The first-order valence-corrected chi connectivity index (χ1v) is 6.28. The van der Waals surface area contributed by atoms with Crippen molar-refractivity contribution in [2.24, 2.45) is 0 Å². The Hall–Kier alpha value is -1.21. The Morgan fingerprint density at radius 2 is 2.00 bits per heavy atom. The van der Waals surface area contributed by atoms with Crippen molar-refractivity contribution in [3.63, 3.8) is 0 Å². The molecule has 0 saturated heterocycles. The van der Waals surface area contributed by atoms with Gasteiger partial charge in [0.05, 0.1) is 0 Å². The molecule has 0 unspecified atom stereocenters. The molecule has 0 aromatic heterocycles. The molecule has 0 fully saturated rings. The van der Waals surface area contributed by atoms with E-state index in [-0.39, 0.29) is 5.41 Å². The number of hydrogen-bond acceptors (Lipinski definition) is 1. The predicted molar refractivity (Wildman–Crippen MR) is 78.7 cm³/mol. The van der Waals surface area contributed by atoms with E-state index in [0.29, 0.717) is 0 Å². The summed E-state index contributed by atoms with van der Waals surface area (Å²) in [7, 11) is 0. The van der Waals surface area contributed by atoms with Crippen LogP contribution in [0.15, 0.2) is 53.5 Å². The summed E-state index contributed by atoms with van der Waals surface area (Å²) in [5, 5.41) is 0. The zero-order chi connectivity index (χ0) is 12.6. The summed E-state index contributed by atoms with van der Waals surface area (Å²) in [5.41, 5.74) is 5.40. The van der Waals surface area contributed by atoms with Gasteiger partial charge in [-0.25, -0.2) is 0 Å². The first-order valence-electron chi connectivity index (χ1n) is 5.83. The molecule has 0 saturated carbocycles. The van der Waals surface area contributed by atoms with Gasteiger partial charge in [-0.15, -0.1) is 12.6 Å². The molecular weight excluding hydrogens is 224 g/mol. The van der Waals surface area contributed by atoms with Crippen LogP contribution in [0.1, 0.15) is 31.9 Å². The molecule has 0 spiro atoms. The van der Waals surface area contributed by atoms with Crippen molar-refractivity contribution in [1.29, 1.82) is 0 Å². The van der Waals surface area contributed by atoms with E-state index >= 15 is 0 Å². The van der Waals surface area contributed by atoms with Gasteiger partial charge in [0.1, 0.15) is 0 Å². The largest absolute Gasteiger partial charge is 0.143 e. The van der Waals surface area contributed by atoms with Crippen molar-refractivity contribution in [1.82, 2.24) is 0 Å². The fourth-order valence-corrected chi connectivity index (χ4v) is 3.08. The zero-order valence-electron chi connectivity index (χ0n) is 10.6. The molecule has 0 nitrogen and oxygen atoms in total. The minimum atomic E-state index is 0.0532. The normalized spacial score (nSPS) is 17.6. The van der Waals surface area contributed by atoms with Crippen LogP contribution >= 0.6 is 12.6 Å². The van der Waals surface area contributed by atoms with Crippen molar-refractivity contribution in [2.75, 3.05) is 0 Å². The van der Waals surface area contributed by atoms with Gasteiger partial charge in [0.2, 0.25) is 0 Å². The maximum Gasteiger partial charge on any atom is 0.0155 e. The lowest BCUT2D eigenvalue weighted by atomic mass is 9.81. The van der Waals surface area contributed by atoms with Crippen LogP contribution in [0.25, 0.3) is 5.57 Å². The first-order chi connectivity index (χ1) is 8.00. The monoisotopic (exact) mass is 242 g/mol. The Labute approximate surface area is 109 Å². The number of benzene rings is 1. The van der Waals surface area contributed by atoms with Crippen LogP contribution in [-0.4, -0.2) is 0 Å². The van der Waals surface area contributed by atoms with Gasteiger partial charge in [0.25, 0.3) is 0 Å². The molecule has 0 bridgehead atoms. The molecule has 0 N–H and O–H groups in total. The van der Waals surface area contributed by atoms with Gasteiger partial charge < -0.3 is 0 Å². The molecule has 1 aromatic rings. The van der Waals surface area contributed by atoms with Crippen LogP contribution in [0.4, 0.5) is 0 Å². The molecule has 1 aliphatic rings. The Bertz CT molecular complexity index is 530. The second-order valence-electron chi connectivity index (χ2n) is 4.96. The molecule has 88 valence electrons. The van der Waals surface area contributed by atoms with Crippen molar-refractivity contribution < 1.29 is 0 Å². The predicted octanol–water partition coefficient (Wildman–Crippen LogP) is 4.78. The van der Waals surface area contributed by atoms with Gasteiger partial charge in [-0.2, -0.15) is 0 Å². The maximum atomic E-state index is 4.58. The highest BCUT2D eigenvalue weighted by atomic mass is 32.1. The number of allylic oxidation sites excluding steroid dienone is 5. The maximum absolute atomic E-state index is 4.58. The molecule has 2 rings (SSSR count). The van der Waals surface area contributed by atoms with Gasteiger partial charge >= 0.3 is 0 Å². The van der Waals surface area contributed by atoms with E-state index in [4.69, 9.17) is 0 Å². The molecule has 0 heterocycles. The molecule has 1 aliphatic carbocycles. The van der Waals surface area contributed by atoms with Crippen LogP contribution < -0.4 is 0 Å². The molecule has 1 heteroatoms. The Balaban J connectivity index is 2.69. The number of fused-ring (bicyclic) bond motifs is 1. The molecule has 1 aromatic carbocycles. The minimum Gasteiger partial charge on any atom is -0.143 e. The Morgan fingerprint density at radius 1 is 1.29 bits per heavy atom. The average molecular weight is 242 g/mol. The summed E-state index contributed by atoms with van der Waals surface area (Å²) in [5.74, 6) is 0. The average Bonchev–Trinajstić information content (AvgIpc) is 2.46. The molecule has 17 heavy (non-hydrogen) atoms. The van der Waals surface area contributed by atoms with E-state index in [1.54, 1.807) is 0 Å². The lowest BCUT2D eigenvalue weighted by molar-refractivity contribution is 0.653. The van der Waals surface area contributed by atoms with Crippen LogP contribution in [-0.2, 0) is 5.41 Å². The number of thiol groups is 1. The van der Waals surface area contributed by atoms with Crippen LogP contribution in [0.5, 0.6) is 0 Å². The second-order valence-corrected chi connectivity index (χ2v) is 5.44. The van der Waals surface area contributed by atoms with Crippen molar-refractivity contribution in [2.45, 2.75) is 31.1 Å². The summed E-state index contributed by atoms with van der Waals surface area (Å²) in [6.07, 6.45) is 5.99. The smallest absolute Gasteiger partial charge is 0.0155 e. The van der Waals surface area contributed by atoms with Gasteiger partial charge in [-0.05, 0) is 35.3 Å². The van der Waals surface area contributed by atoms with Gasteiger partial charge in [-0.1, -0.05) is 50.8 Å². The molecular formula is C16H18S. The summed E-state index contributed by atoms with van der Waals surface area (Å²) < 4.78 is 0. The van der Waals surface area contributed by atoms with Crippen molar-refractivity contribution in [3.8, 4) is 0 Å². The summed E-state index contributed by atoms with van der Waals surface area (Å²) in [6.45, 7) is 10.4. The second kappa shape index (κ2) is 4.23. The topological polar surface area (TPSA) is 0 Å². The molecule has 0 atom stereocenters. The molecule has 0 amide bonds. The SMILES string of the molecule is C=C/C=C\C1=C(C)c2c(S)cccc2C1(C)C. The quantitative estimate of drug-likeness (QED) is 0.560. The van der Waals surface area contributed by atoms with Gasteiger partial charge in [0.15, 0.2) is 0 Å². The first kappa shape index (κ1) is 12.3. The van der Waals surface area contributed by atoms with E-state index in [1.807, 2.05) is 12.2 Å². The van der Waals surface area contributed by atoms with E-state index < -0.39 is 0 Å². The fraction of sp³-hybridized carbons (Fsp3) is 0.250. The summed E-state index contributed by atoms with van der Waals surface area (Å²) >= 11 is 4.58. The summed E-state index contributed by atoms with van der Waals surface area (Å²) in [6, 6.07) is 6.34. The van der Waals surface area contributed by atoms with Crippen LogP contribution in [0, 0.1) is 0 Å². The number of hydrogen-bond donors (Lipinski definition) is 1. The van der Waals surface area contributed by atoms with Crippen molar-refractivity contribution >= 4 is 18.2 Å². The standard InChI is InChI=1S/C16H18S/c1-5-6-8-12-11(2)15-13(16(12,3)4)9-7-10-14(15)17/h5-10,17H,1H2,2-4H3/b8-6-. The Morgan fingerprint density at radius 3 is 2.59 bits per heavy atom. The van der Waals surface area contributed by atoms with E-state index in [9.17, 15) is 0 Å². The van der Waals surface area contributed by atoms with E-state index in [0.717, 1.165) is 4.90 Å².